The molecule has 6 nitrogen and oxygen atoms in total. The molecule has 0 radical (unpaired) electrons. The van der Waals surface area contributed by atoms with Crippen molar-refractivity contribution in [3.63, 3.8) is 0 Å². The SMILES string of the molecule is CCOC(=O)c1c(-c2ccc(OC)cc2)csc1NC(=O)/C=C/c1ccc(OCc2ccccc2)cc1. The van der Waals surface area contributed by atoms with Crippen molar-refractivity contribution in [2.75, 3.05) is 19.0 Å². The third kappa shape index (κ3) is 6.86. The molecule has 4 rings (SSSR count). The van der Waals surface area contributed by atoms with Gasteiger partial charge in [0.05, 0.1) is 13.7 Å². The zero-order chi connectivity index (χ0) is 26.0. The topological polar surface area (TPSA) is 73.9 Å². The quantitative estimate of drug-likeness (QED) is 0.186. The molecule has 3 aromatic carbocycles. The first-order valence-corrected chi connectivity index (χ1v) is 12.6. The Labute approximate surface area is 220 Å². The summed E-state index contributed by atoms with van der Waals surface area (Å²) in [4.78, 5) is 25.4. The van der Waals surface area contributed by atoms with Crippen LogP contribution in [-0.4, -0.2) is 25.6 Å². The van der Waals surface area contributed by atoms with Gasteiger partial charge in [0, 0.05) is 17.0 Å². The molecule has 7 heteroatoms. The molecule has 0 atom stereocenters. The molecular formula is C30H27NO5S. The summed E-state index contributed by atoms with van der Waals surface area (Å²) in [6, 6.07) is 24.8. The largest absolute Gasteiger partial charge is 0.497 e. The lowest BCUT2D eigenvalue weighted by atomic mass is 10.0. The average molecular weight is 514 g/mol. The number of thiophene rings is 1. The van der Waals surface area contributed by atoms with Crippen LogP contribution in [0.1, 0.15) is 28.4 Å². The van der Waals surface area contributed by atoms with Crippen LogP contribution in [0, 0.1) is 0 Å². The van der Waals surface area contributed by atoms with Gasteiger partial charge in [0.2, 0.25) is 5.91 Å². The third-order valence-corrected chi connectivity index (χ3v) is 6.36. The predicted molar refractivity (Wildman–Crippen MR) is 147 cm³/mol. The van der Waals surface area contributed by atoms with E-state index in [-0.39, 0.29) is 12.5 Å². The Kier molecular flexibility index (Phi) is 8.73. The van der Waals surface area contributed by atoms with E-state index in [2.05, 4.69) is 5.32 Å². The lowest BCUT2D eigenvalue weighted by Crippen LogP contribution is -2.12. The highest BCUT2D eigenvalue weighted by Crippen LogP contribution is 2.37. The van der Waals surface area contributed by atoms with Crippen molar-refractivity contribution in [1.29, 1.82) is 0 Å². The monoisotopic (exact) mass is 513 g/mol. The summed E-state index contributed by atoms with van der Waals surface area (Å²) < 4.78 is 16.3. The van der Waals surface area contributed by atoms with Crippen LogP contribution >= 0.6 is 11.3 Å². The van der Waals surface area contributed by atoms with E-state index in [1.807, 2.05) is 84.2 Å². The van der Waals surface area contributed by atoms with Crippen LogP contribution in [0.25, 0.3) is 17.2 Å². The van der Waals surface area contributed by atoms with Gasteiger partial charge in [-0.1, -0.05) is 54.6 Å². The van der Waals surface area contributed by atoms with Gasteiger partial charge in [-0.05, 0) is 54.0 Å². The van der Waals surface area contributed by atoms with Gasteiger partial charge in [-0.15, -0.1) is 11.3 Å². The van der Waals surface area contributed by atoms with Gasteiger partial charge in [-0.3, -0.25) is 4.79 Å². The number of carbonyl (C=O) groups is 2. The van der Waals surface area contributed by atoms with E-state index in [4.69, 9.17) is 14.2 Å². The Morgan fingerprint density at radius 1 is 0.919 bits per heavy atom. The average Bonchev–Trinajstić information content (AvgIpc) is 3.35. The standard InChI is InChI=1S/C30H27NO5S/c1-3-35-30(33)28-26(23-12-16-24(34-2)17-13-23)20-37-29(28)31-27(32)18-11-21-9-14-25(15-10-21)36-19-22-7-5-4-6-8-22/h4-18,20H,3,19H2,1-2H3,(H,31,32)/b18-11+. The normalized spacial score (nSPS) is 10.8. The Hall–Kier alpha value is -4.36. The van der Waals surface area contributed by atoms with E-state index < -0.39 is 5.97 Å². The van der Waals surface area contributed by atoms with Crippen LogP contribution in [0.4, 0.5) is 5.00 Å². The first-order valence-electron chi connectivity index (χ1n) is 11.8. The summed E-state index contributed by atoms with van der Waals surface area (Å²) in [5, 5.41) is 5.09. The molecular weight excluding hydrogens is 486 g/mol. The molecule has 0 spiro atoms. The molecule has 4 aromatic rings. The second-order valence-corrected chi connectivity index (χ2v) is 8.85. The molecule has 37 heavy (non-hydrogen) atoms. The highest BCUT2D eigenvalue weighted by Gasteiger charge is 2.22. The highest BCUT2D eigenvalue weighted by atomic mass is 32.1. The van der Waals surface area contributed by atoms with Gasteiger partial charge in [-0.25, -0.2) is 4.79 Å². The molecule has 0 aliphatic carbocycles. The molecule has 0 aliphatic rings. The van der Waals surface area contributed by atoms with Crippen LogP contribution in [0.5, 0.6) is 11.5 Å². The van der Waals surface area contributed by atoms with Crippen molar-refractivity contribution in [1.82, 2.24) is 0 Å². The number of benzene rings is 3. The van der Waals surface area contributed by atoms with Crippen molar-refractivity contribution < 1.29 is 23.8 Å². The Morgan fingerprint density at radius 3 is 2.30 bits per heavy atom. The first kappa shape index (κ1) is 25.7. The molecule has 1 N–H and O–H groups in total. The van der Waals surface area contributed by atoms with Gasteiger partial charge < -0.3 is 19.5 Å². The summed E-state index contributed by atoms with van der Waals surface area (Å²) in [6.07, 6.45) is 3.14. The number of amides is 1. The Morgan fingerprint density at radius 2 is 1.62 bits per heavy atom. The number of methoxy groups -OCH3 is 1. The molecule has 1 amide bonds. The third-order valence-electron chi connectivity index (χ3n) is 5.46. The highest BCUT2D eigenvalue weighted by molar-refractivity contribution is 7.15. The first-order chi connectivity index (χ1) is 18.1. The summed E-state index contributed by atoms with van der Waals surface area (Å²) >= 11 is 1.28. The number of rotatable bonds is 10. The van der Waals surface area contributed by atoms with Crippen molar-refractivity contribution >= 4 is 34.3 Å². The molecule has 0 saturated carbocycles. The predicted octanol–water partition coefficient (Wildman–Crippen LogP) is 6.83. The molecule has 0 bridgehead atoms. The molecule has 188 valence electrons. The number of anilines is 1. The van der Waals surface area contributed by atoms with E-state index in [9.17, 15) is 9.59 Å². The molecule has 0 aliphatic heterocycles. The zero-order valence-corrected chi connectivity index (χ0v) is 21.4. The number of hydrogen-bond donors (Lipinski definition) is 1. The molecule has 0 unspecified atom stereocenters. The Balaban J connectivity index is 1.43. The van der Waals surface area contributed by atoms with Crippen LogP contribution in [-0.2, 0) is 16.1 Å². The smallest absolute Gasteiger partial charge is 0.341 e. The van der Waals surface area contributed by atoms with Gasteiger partial charge >= 0.3 is 5.97 Å². The number of hydrogen-bond acceptors (Lipinski definition) is 6. The zero-order valence-electron chi connectivity index (χ0n) is 20.6. The minimum absolute atomic E-state index is 0.231. The van der Waals surface area contributed by atoms with Crippen molar-refractivity contribution in [3.8, 4) is 22.6 Å². The number of ether oxygens (including phenoxy) is 3. The molecule has 0 fully saturated rings. The summed E-state index contributed by atoms with van der Waals surface area (Å²) in [5.74, 6) is 0.623. The second kappa shape index (κ2) is 12.6. The van der Waals surface area contributed by atoms with Gasteiger partial charge in [-0.2, -0.15) is 0 Å². The molecule has 1 aromatic heterocycles. The molecule has 1 heterocycles. The van der Waals surface area contributed by atoms with Crippen molar-refractivity contribution in [2.24, 2.45) is 0 Å². The minimum Gasteiger partial charge on any atom is -0.497 e. The van der Waals surface area contributed by atoms with Crippen LogP contribution in [0.15, 0.2) is 90.3 Å². The van der Waals surface area contributed by atoms with Crippen LogP contribution in [0.3, 0.4) is 0 Å². The van der Waals surface area contributed by atoms with Crippen molar-refractivity contribution in [2.45, 2.75) is 13.5 Å². The van der Waals surface area contributed by atoms with Crippen LogP contribution < -0.4 is 14.8 Å². The maximum absolute atomic E-state index is 12.8. The maximum Gasteiger partial charge on any atom is 0.341 e. The van der Waals surface area contributed by atoms with E-state index in [0.717, 1.165) is 22.4 Å². The lowest BCUT2D eigenvalue weighted by Gasteiger charge is -2.08. The lowest BCUT2D eigenvalue weighted by molar-refractivity contribution is -0.111. The van der Waals surface area contributed by atoms with Gasteiger partial charge in [0.1, 0.15) is 28.7 Å². The van der Waals surface area contributed by atoms with Gasteiger partial charge in [0.15, 0.2) is 0 Å². The minimum atomic E-state index is -0.486. The van der Waals surface area contributed by atoms with Crippen LogP contribution in [0.2, 0.25) is 0 Å². The second-order valence-electron chi connectivity index (χ2n) is 7.97. The fourth-order valence-electron chi connectivity index (χ4n) is 3.58. The maximum atomic E-state index is 12.8. The summed E-state index contributed by atoms with van der Waals surface area (Å²) in [7, 11) is 1.60. The number of esters is 1. The number of nitrogens with one attached hydrogen (secondary N) is 1. The summed E-state index contributed by atoms with van der Waals surface area (Å²) in [5.41, 5.74) is 3.79. The van der Waals surface area contributed by atoms with Gasteiger partial charge in [0.25, 0.3) is 0 Å². The van der Waals surface area contributed by atoms with E-state index in [1.54, 1.807) is 20.1 Å². The van der Waals surface area contributed by atoms with E-state index in [0.29, 0.717) is 28.5 Å². The number of carbonyl (C=O) groups excluding carboxylic acids is 2. The fraction of sp³-hybridized carbons (Fsp3) is 0.133. The molecule has 0 saturated heterocycles. The van der Waals surface area contributed by atoms with E-state index >= 15 is 0 Å². The van der Waals surface area contributed by atoms with Crippen molar-refractivity contribution in [3.05, 3.63) is 107 Å². The van der Waals surface area contributed by atoms with E-state index in [1.165, 1.54) is 17.4 Å². The Bertz CT molecular complexity index is 1360. The fourth-order valence-corrected chi connectivity index (χ4v) is 4.54. The summed E-state index contributed by atoms with van der Waals surface area (Å²) in [6.45, 7) is 2.46.